The minimum atomic E-state index is -0.341. The molecule has 0 aliphatic heterocycles. The van der Waals surface area contributed by atoms with E-state index in [4.69, 9.17) is 4.42 Å². The first-order valence-corrected chi connectivity index (χ1v) is 4.92. The van der Waals surface area contributed by atoms with Gasteiger partial charge in [0.1, 0.15) is 0 Å². The van der Waals surface area contributed by atoms with Gasteiger partial charge in [-0.25, -0.2) is 4.79 Å². The fourth-order valence-corrected chi connectivity index (χ4v) is 1.63. The second-order valence-electron chi connectivity index (χ2n) is 2.80. The van der Waals surface area contributed by atoms with Gasteiger partial charge >= 0.3 is 5.63 Å². The van der Waals surface area contributed by atoms with E-state index in [1.165, 1.54) is 6.07 Å². The zero-order chi connectivity index (χ0) is 9.97. The third kappa shape index (κ3) is 1.77. The Bertz CT molecular complexity index is 488. The van der Waals surface area contributed by atoms with Gasteiger partial charge in [-0.05, 0) is 22.0 Å². The Labute approximate surface area is 89.3 Å². The fourth-order valence-electron chi connectivity index (χ4n) is 1.19. The van der Waals surface area contributed by atoms with Gasteiger partial charge in [0, 0.05) is 11.6 Å². The number of hydrogen-bond acceptors (Lipinski definition) is 2. The monoisotopic (exact) mass is 250 g/mol. The summed E-state index contributed by atoms with van der Waals surface area (Å²) in [6.07, 6.45) is 0. The Morgan fingerprint density at radius 2 is 1.71 bits per heavy atom. The van der Waals surface area contributed by atoms with Gasteiger partial charge in [-0.2, -0.15) is 0 Å². The van der Waals surface area contributed by atoms with Gasteiger partial charge in [-0.3, -0.25) is 0 Å². The first-order chi connectivity index (χ1) is 6.77. The summed E-state index contributed by atoms with van der Waals surface area (Å²) in [7, 11) is 0. The molecule has 2 nitrogen and oxygen atoms in total. The van der Waals surface area contributed by atoms with Crippen molar-refractivity contribution in [2.75, 3.05) is 0 Å². The third-order valence-corrected chi connectivity index (χ3v) is 2.45. The molecule has 1 aromatic heterocycles. The van der Waals surface area contributed by atoms with Gasteiger partial charge in [0.25, 0.3) is 0 Å². The second-order valence-corrected chi connectivity index (χ2v) is 3.65. The molecule has 3 heteroatoms. The van der Waals surface area contributed by atoms with Crippen LogP contribution in [0.5, 0.6) is 0 Å². The SMILES string of the molecule is O=c1ccc(Br)c(-c2ccccc2)o1. The van der Waals surface area contributed by atoms with E-state index in [9.17, 15) is 4.79 Å². The van der Waals surface area contributed by atoms with Crippen molar-refractivity contribution in [3.8, 4) is 11.3 Å². The number of hydrogen-bond donors (Lipinski definition) is 0. The lowest BCUT2D eigenvalue weighted by Gasteiger charge is -2.00. The van der Waals surface area contributed by atoms with Crippen LogP contribution >= 0.6 is 15.9 Å². The van der Waals surface area contributed by atoms with Crippen molar-refractivity contribution < 1.29 is 4.42 Å². The van der Waals surface area contributed by atoms with E-state index in [0.29, 0.717) is 5.76 Å². The molecule has 0 unspecified atom stereocenters. The van der Waals surface area contributed by atoms with Crippen LogP contribution < -0.4 is 5.63 Å². The van der Waals surface area contributed by atoms with Crippen molar-refractivity contribution >= 4 is 15.9 Å². The predicted molar refractivity (Wildman–Crippen MR) is 58.1 cm³/mol. The topological polar surface area (TPSA) is 30.2 Å². The summed E-state index contributed by atoms with van der Waals surface area (Å²) < 4.78 is 5.87. The summed E-state index contributed by atoms with van der Waals surface area (Å²) in [5, 5.41) is 0. The van der Waals surface area contributed by atoms with Crippen molar-refractivity contribution in [1.82, 2.24) is 0 Å². The summed E-state index contributed by atoms with van der Waals surface area (Å²) in [6.45, 7) is 0. The van der Waals surface area contributed by atoms with Gasteiger partial charge in [0.2, 0.25) is 0 Å². The molecule has 70 valence electrons. The average Bonchev–Trinajstić information content (AvgIpc) is 2.23. The molecule has 0 amide bonds. The van der Waals surface area contributed by atoms with Crippen molar-refractivity contribution in [1.29, 1.82) is 0 Å². The van der Waals surface area contributed by atoms with E-state index < -0.39 is 0 Å². The van der Waals surface area contributed by atoms with Crippen LogP contribution in [0.3, 0.4) is 0 Å². The molecule has 2 rings (SSSR count). The molecule has 0 radical (unpaired) electrons. The molecule has 0 saturated heterocycles. The Morgan fingerprint density at radius 3 is 2.43 bits per heavy atom. The molecule has 0 bridgehead atoms. The van der Waals surface area contributed by atoms with E-state index in [1.807, 2.05) is 30.3 Å². The quantitative estimate of drug-likeness (QED) is 0.779. The maximum atomic E-state index is 11.0. The van der Waals surface area contributed by atoms with Gasteiger partial charge in [-0.15, -0.1) is 0 Å². The number of rotatable bonds is 1. The molecule has 0 saturated carbocycles. The van der Waals surface area contributed by atoms with Crippen LogP contribution in [0.1, 0.15) is 0 Å². The van der Waals surface area contributed by atoms with Crippen molar-refractivity contribution in [3.63, 3.8) is 0 Å². The maximum Gasteiger partial charge on any atom is 0.336 e. The molecule has 0 spiro atoms. The Balaban J connectivity index is 2.62. The van der Waals surface area contributed by atoms with E-state index in [1.54, 1.807) is 6.07 Å². The first-order valence-electron chi connectivity index (χ1n) is 4.12. The largest absolute Gasteiger partial charge is 0.422 e. The van der Waals surface area contributed by atoms with Crippen LogP contribution in [-0.2, 0) is 0 Å². The van der Waals surface area contributed by atoms with E-state index in [0.717, 1.165) is 10.0 Å². The highest BCUT2D eigenvalue weighted by Crippen LogP contribution is 2.25. The zero-order valence-corrected chi connectivity index (χ0v) is 8.82. The Hall–Kier alpha value is -1.35. The van der Waals surface area contributed by atoms with E-state index >= 15 is 0 Å². The standard InChI is InChI=1S/C11H7BrO2/c12-9-6-7-10(13)14-11(9)8-4-2-1-3-5-8/h1-7H. The minimum absolute atomic E-state index is 0.341. The minimum Gasteiger partial charge on any atom is -0.422 e. The summed E-state index contributed by atoms with van der Waals surface area (Å²) >= 11 is 3.33. The van der Waals surface area contributed by atoms with E-state index in [-0.39, 0.29) is 5.63 Å². The summed E-state index contributed by atoms with van der Waals surface area (Å²) in [5.41, 5.74) is 0.545. The lowest BCUT2D eigenvalue weighted by molar-refractivity contribution is 0.523. The normalized spacial score (nSPS) is 10.1. The van der Waals surface area contributed by atoms with Gasteiger partial charge in [0.05, 0.1) is 4.47 Å². The molecule has 2 aromatic rings. The second kappa shape index (κ2) is 3.80. The van der Waals surface area contributed by atoms with Crippen LogP contribution in [0.4, 0.5) is 0 Å². The molecule has 14 heavy (non-hydrogen) atoms. The summed E-state index contributed by atoms with van der Waals surface area (Å²) in [4.78, 5) is 11.0. The van der Waals surface area contributed by atoms with Gasteiger partial charge < -0.3 is 4.42 Å². The molecule has 0 aliphatic carbocycles. The lowest BCUT2D eigenvalue weighted by Crippen LogP contribution is -1.96. The zero-order valence-electron chi connectivity index (χ0n) is 7.24. The first kappa shape index (κ1) is 9.21. The average molecular weight is 251 g/mol. The molecule has 0 N–H and O–H groups in total. The van der Waals surface area contributed by atoms with Crippen LogP contribution in [-0.4, -0.2) is 0 Å². The van der Waals surface area contributed by atoms with Gasteiger partial charge in [-0.1, -0.05) is 30.3 Å². The van der Waals surface area contributed by atoms with Gasteiger partial charge in [0.15, 0.2) is 5.76 Å². The predicted octanol–water partition coefficient (Wildman–Crippen LogP) is 3.07. The molecule has 0 aliphatic rings. The van der Waals surface area contributed by atoms with Crippen molar-refractivity contribution in [3.05, 3.63) is 57.4 Å². The van der Waals surface area contributed by atoms with Crippen LogP contribution in [0.15, 0.2) is 56.1 Å². The van der Waals surface area contributed by atoms with Crippen LogP contribution in [0, 0.1) is 0 Å². The maximum absolute atomic E-state index is 11.0. The third-order valence-electron chi connectivity index (χ3n) is 1.82. The van der Waals surface area contributed by atoms with Crippen molar-refractivity contribution in [2.24, 2.45) is 0 Å². The smallest absolute Gasteiger partial charge is 0.336 e. The highest BCUT2D eigenvalue weighted by molar-refractivity contribution is 9.10. The summed E-state index contributed by atoms with van der Waals surface area (Å²) in [6, 6.07) is 12.6. The van der Waals surface area contributed by atoms with Crippen LogP contribution in [0.25, 0.3) is 11.3 Å². The lowest BCUT2D eigenvalue weighted by atomic mass is 10.2. The number of benzene rings is 1. The molecule has 1 heterocycles. The van der Waals surface area contributed by atoms with E-state index in [2.05, 4.69) is 15.9 Å². The highest BCUT2D eigenvalue weighted by Gasteiger charge is 2.05. The highest BCUT2D eigenvalue weighted by atomic mass is 79.9. The Kier molecular flexibility index (Phi) is 2.50. The molecule has 1 aromatic carbocycles. The molecular weight excluding hydrogens is 244 g/mol. The van der Waals surface area contributed by atoms with Crippen LogP contribution in [0.2, 0.25) is 0 Å². The summed E-state index contributed by atoms with van der Waals surface area (Å²) in [5.74, 6) is 0.568. The molecule has 0 fully saturated rings. The molecule has 0 atom stereocenters. The van der Waals surface area contributed by atoms with Crippen molar-refractivity contribution in [2.45, 2.75) is 0 Å². The Morgan fingerprint density at radius 1 is 1.00 bits per heavy atom. The fraction of sp³-hybridized carbons (Fsp3) is 0. The number of halogens is 1. The molecular formula is C11H7BrO2.